The van der Waals surface area contributed by atoms with Gasteiger partial charge < -0.3 is 4.90 Å². The van der Waals surface area contributed by atoms with E-state index in [0.717, 1.165) is 6.33 Å². The number of aromatic nitrogens is 3. The summed E-state index contributed by atoms with van der Waals surface area (Å²) in [5, 5.41) is 0. The summed E-state index contributed by atoms with van der Waals surface area (Å²) >= 11 is 0. The summed E-state index contributed by atoms with van der Waals surface area (Å²) in [6, 6.07) is 4.33. The van der Waals surface area contributed by atoms with Gasteiger partial charge in [0.15, 0.2) is 6.17 Å². The number of halogens is 5. The Bertz CT molecular complexity index is 1150. The number of amides is 1. The summed E-state index contributed by atoms with van der Waals surface area (Å²) in [6.07, 6.45) is -4.48. The van der Waals surface area contributed by atoms with Crippen LogP contribution in [0.3, 0.4) is 0 Å². The third kappa shape index (κ3) is 3.49. The number of alkyl halides is 4. The molecule has 0 N–H and O–H groups in total. The largest absolute Gasteiger partial charge is 0.416 e. The summed E-state index contributed by atoms with van der Waals surface area (Å²) < 4.78 is 67.5. The average Bonchev–Trinajstić information content (AvgIpc) is 3.00. The van der Waals surface area contributed by atoms with Crippen LogP contribution in [0.5, 0.6) is 0 Å². The number of benzene rings is 1. The van der Waals surface area contributed by atoms with Gasteiger partial charge >= 0.3 is 6.18 Å². The molecular formula is C20H13F5N4O. The van der Waals surface area contributed by atoms with Crippen molar-refractivity contribution >= 4 is 5.91 Å². The van der Waals surface area contributed by atoms with Crippen molar-refractivity contribution in [3.05, 3.63) is 76.6 Å². The highest BCUT2D eigenvalue weighted by Crippen LogP contribution is 2.35. The van der Waals surface area contributed by atoms with Crippen molar-refractivity contribution in [2.24, 2.45) is 0 Å². The van der Waals surface area contributed by atoms with Crippen LogP contribution in [0.2, 0.25) is 0 Å². The van der Waals surface area contributed by atoms with Gasteiger partial charge in [-0.3, -0.25) is 9.78 Å². The molecule has 0 unspecified atom stereocenters. The molecular weight excluding hydrogens is 407 g/mol. The molecule has 0 saturated carbocycles. The average molecular weight is 420 g/mol. The second-order valence-electron chi connectivity index (χ2n) is 6.81. The zero-order valence-corrected chi connectivity index (χ0v) is 15.4. The Morgan fingerprint density at radius 2 is 1.87 bits per heavy atom. The third-order valence-corrected chi connectivity index (χ3v) is 4.76. The number of carbonyl (C=O) groups excluding carboxylic acids is 1. The van der Waals surface area contributed by atoms with E-state index in [1.807, 2.05) is 0 Å². The molecule has 1 aliphatic rings. The molecule has 0 spiro atoms. The van der Waals surface area contributed by atoms with E-state index in [4.69, 9.17) is 0 Å². The molecule has 0 aliphatic carbocycles. The van der Waals surface area contributed by atoms with Gasteiger partial charge in [0.2, 0.25) is 0 Å². The van der Waals surface area contributed by atoms with E-state index in [1.165, 1.54) is 17.2 Å². The van der Waals surface area contributed by atoms with Crippen LogP contribution in [0, 0.1) is 5.82 Å². The maximum Gasteiger partial charge on any atom is 0.416 e. The summed E-state index contributed by atoms with van der Waals surface area (Å²) in [4.78, 5) is 25.7. The van der Waals surface area contributed by atoms with Crippen molar-refractivity contribution < 1.29 is 26.7 Å². The van der Waals surface area contributed by atoms with Crippen LogP contribution in [-0.2, 0) is 12.7 Å². The molecule has 1 atom stereocenters. The highest BCUT2D eigenvalue weighted by Gasteiger charge is 2.33. The second kappa shape index (κ2) is 7.12. The van der Waals surface area contributed by atoms with Gasteiger partial charge in [-0.15, -0.1) is 0 Å². The lowest BCUT2D eigenvalue weighted by atomic mass is 10.0. The van der Waals surface area contributed by atoms with Gasteiger partial charge in [0.25, 0.3) is 5.91 Å². The van der Waals surface area contributed by atoms with Crippen LogP contribution in [0.1, 0.15) is 38.9 Å². The van der Waals surface area contributed by atoms with Gasteiger partial charge in [0.1, 0.15) is 12.1 Å². The molecule has 0 fully saturated rings. The van der Waals surface area contributed by atoms with Crippen LogP contribution in [0.15, 0.2) is 42.9 Å². The predicted molar refractivity (Wildman–Crippen MR) is 95.4 cm³/mol. The Hall–Kier alpha value is -3.43. The maximum absolute atomic E-state index is 15.0. The van der Waals surface area contributed by atoms with Crippen molar-refractivity contribution in [3.8, 4) is 11.4 Å². The van der Waals surface area contributed by atoms with E-state index in [9.17, 15) is 22.4 Å². The zero-order valence-electron chi connectivity index (χ0n) is 15.4. The molecule has 30 heavy (non-hydrogen) atoms. The van der Waals surface area contributed by atoms with Gasteiger partial charge in [-0.1, -0.05) is 0 Å². The summed E-state index contributed by atoms with van der Waals surface area (Å²) in [7, 11) is 1.62. The van der Waals surface area contributed by atoms with Crippen molar-refractivity contribution in [2.45, 2.75) is 18.9 Å². The Kier molecular flexibility index (Phi) is 4.71. The molecule has 1 aromatic carbocycles. The molecule has 3 heterocycles. The van der Waals surface area contributed by atoms with Crippen molar-refractivity contribution in [1.82, 2.24) is 19.9 Å². The lowest BCUT2D eigenvalue weighted by Gasteiger charge is -2.13. The second-order valence-corrected chi connectivity index (χ2v) is 6.81. The highest BCUT2D eigenvalue weighted by molar-refractivity contribution is 5.99. The number of hydrogen-bond donors (Lipinski definition) is 0. The first-order valence-electron chi connectivity index (χ1n) is 8.72. The molecule has 1 amide bonds. The normalized spacial score (nSPS) is 14.7. The fourth-order valence-electron chi connectivity index (χ4n) is 3.32. The van der Waals surface area contributed by atoms with Crippen molar-refractivity contribution in [1.29, 1.82) is 0 Å². The van der Waals surface area contributed by atoms with Gasteiger partial charge in [-0.25, -0.2) is 18.7 Å². The van der Waals surface area contributed by atoms with Crippen molar-refractivity contribution in [2.75, 3.05) is 7.05 Å². The molecule has 154 valence electrons. The van der Waals surface area contributed by atoms with Gasteiger partial charge in [-0.2, -0.15) is 13.2 Å². The molecule has 2 aromatic heterocycles. The molecule has 4 rings (SSSR count). The SMILES string of the molecule is CN1Cc2c(ccnc2-c2cc([C@@H](F)c3cc(F)cc(C(F)(F)F)c3)ncn2)C1=O. The fourth-order valence-corrected chi connectivity index (χ4v) is 3.32. The minimum atomic E-state index is -4.82. The zero-order chi connectivity index (χ0) is 21.6. The topological polar surface area (TPSA) is 59.0 Å². The molecule has 3 aromatic rings. The van der Waals surface area contributed by atoms with E-state index in [0.29, 0.717) is 35.0 Å². The molecule has 5 nitrogen and oxygen atoms in total. The van der Waals surface area contributed by atoms with Crippen LogP contribution in [-0.4, -0.2) is 32.8 Å². The molecule has 1 aliphatic heterocycles. The number of fused-ring (bicyclic) bond motifs is 1. The van der Waals surface area contributed by atoms with Gasteiger partial charge in [-0.05, 0) is 35.9 Å². The first-order valence-corrected chi connectivity index (χ1v) is 8.72. The number of rotatable bonds is 3. The highest BCUT2D eigenvalue weighted by atomic mass is 19.4. The quantitative estimate of drug-likeness (QED) is 0.592. The summed E-state index contributed by atoms with van der Waals surface area (Å²) in [6.45, 7) is 0.286. The van der Waals surface area contributed by atoms with E-state index >= 15 is 4.39 Å². The first kappa shape index (κ1) is 19.9. The van der Waals surface area contributed by atoms with E-state index in [2.05, 4.69) is 15.0 Å². The Morgan fingerprint density at radius 1 is 1.10 bits per heavy atom. The maximum atomic E-state index is 15.0. The summed E-state index contributed by atoms with van der Waals surface area (Å²) in [5.74, 6) is -1.40. The van der Waals surface area contributed by atoms with E-state index in [-0.39, 0.29) is 23.8 Å². The lowest BCUT2D eigenvalue weighted by molar-refractivity contribution is -0.137. The van der Waals surface area contributed by atoms with Crippen molar-refractivity contribution in [3.63, 3.8) is 0 Å². The monoisotopic (exact) mass is 420 g/mol. The molecule has 0 radical (unpaired) electrons. The first-order chi connectivity index (χ1) is 14.1. The van der Waals surface area contributed by atoms with Crippen LogP contribution in [0.4, 0.5) is 22.0 Å². The smallest absolute Gasteiger partial charge is 0.337 e. The number of pyridine rings is 1. The molecule has 0 saturated heterocycles. The predicted octanol–water partition coefficient (Wildman–Crippen LogP) is 4.34. The fraction of sp³-hybridized carbons (Fsp3) is 0.200. The number of nitrogens with zero attached hydrogens (tertiary/aromatic N) is 4. The lowest BCUT2D eigenvalue weighted by Crippen LogP contribution is -2.17. The van der Waals surface area contributed by atoms with Crippen LogP contribution >= 0.6 is 0 Å². The summed E-state index contributed by atoms with van der Waals surface area (Å²) in [5.41, 5.74) is -0.469. The van der Waals surface area contributed by atoms with E-state index in [1.54, 1.807) is 13.1 Å². The van der Waals surface area contributed by atoms with E-state index < -0.39 is 29.3 Å². The van der Waals surface area contributed by atoms with Crippen LogP contribution in [0.25, 0.3) is 11.4 Å². The Labute approximate surface area is 167 Å². The molecule has 10 heteroatoms. The van der Waals surface area contributed by atoms with Crippen LogP contribution < -0.4 is 0 Å². The number of hydrogen-bond acceptors (Lipinski definition) is 4. The minimum Gasteiger partial charge on any atom is -0.337 e. The Morgan fingerprint density at radius 3 is 2.60 bits per heavy atom. The number of carbonyl (C=O) groups is 1. The minimum absolute atomic E-state index is 0.189. The van der Waals surface area contributed by atoms with Gasteiger partial charge in [0, 0.05) is 30.9 Å². The Balaban J connectivity index is 1.74. The van der Waals surface area contributed by atoms with Gasteiger partial charge in [0.05, 0.1) is 22.6 Å². The standard InChI is InChI=1S/C20H13F5N4O/c1-29-8-14-13(19(29)30)2-3-26-18(14)16-7-15(27-9-28-16)17(22)10-4-11(20(23,24)25)6-12(21)5-10/h2-7,9,17H,8H2,1H3/t17-/m0/s1. The third-order valence-electron chi connectivity index (χ3n) is 4.76. The molecule has 0 bridgehead atoms.